The summed E-state index contributed by atoms with van der Waals surface area (Å²) in [7, 11) is 1.83. The summed E-state index contributed by atoms with van der Waals surface area (Å²) in [6.07, 6.45) is 0.199. The van der Waals surface area contributed by atoms with Crippen LogP contribution in [0, 0.1) is 11.6 Å². The number of rotatable bonds is 3. The summed E-state index contributed by atoms with van der Waals surface area (Å²) in [6.45, 7) is 0. The Hall–Kier alpha value is -2.27. The second kappa shape index (κ2) is 5.26. The molecule has 1 atom stereocenters. The van der Waals surface area contributed by atoms with Gasteiger partial charge in [-0.15, -0.1) is 0 Å². The van der Waals surface area contributed by atoms with Gasteiger partial charge in [-0.3, -0.25) is 4.68 Å². The molecule has 21 heavy (non-hydrogen) atoms. The van der Waals surface area contributed by atoms with Crippen LogP contribution in [0.3, 0.4) is 0 Å². The Morgan fingerprint density at radius 1 is 1.14 bits per heavy atom. The number of nitrogens with zero attached hydrogens (tertiary/aromatic N) is 2. The molecule has 0 fully saturated rings. The molecule has 1 heterocycles. The molecule has 0 aliphatic carbocycles. The van der Waals surface area contributed by atoms with Crippen LogP contribution in [0.4, 0.5) is 8.78 Å². The third kappa shape index (κ3) is 2.40. The summed E-state index contributed by atoms with van der Waals surface area (Å²) in [5.41, 5.74) is 8.07. The maximum atomic E-state index is 13.7. The van der Waals surface area contributed by atoms with Crippen LogP contribution in [0.5, 0.6) is 0 Å². The smallest absolute Gasteiger partial charge is 0.162 e. The molecule has 0 saturated carbocycles. The Balaban J connectivity index is 1.98. The molecule has 0 amide bonds. The van der Waals surface area contributed by atoms with E-state index in [1.165, 1.54) is 6.07 Å². The van der Waals surface area contributed by atoms with Gasteiger partial charge in [0.05, 0.1) is 17.3 Å². The van der Waals surface area contributed by atoms with Gasteiger partial charge in [-0.1, -0.05) is 30.3 Å². The number of aryl methyl sites for hydroxylation is 1. The summed E-state index contributed by atoms with van der Waals surface area (Å²) >= 11 is 0. The standard InChI is InChI=1S/C16H15F2N3/c1-21-14-8-3-2-6-11(14)16(20-21)13(19)9-10-5-4-7-12(17)15(10)18/h2-8,13H,9,19H2,1H3. The second-order valence-corrected chi connectivity index (χ2v) is 5.05. The van der Waals surface area contributed by atoms with Gasteiger partial charge in [-0.05, 0) is 24.1 Å². The zero-order valence-corrected chi connectivity index (χ0v) is 11.6. The minimum atomic E-state index is -0.856. The number of hydrogen-bond acceptors (Lipinski definition) is 2. The molecule has 0 spiro atoms. The first-order chi connectivity index (χ1) is 10.1. The highest BCUT2D eigenvalue weighted by Gasteiger charge is 2.18. The number of fused-ring (bicyclic) bond motifs is 1. The van der Waals surface area contributed by atoms with Crippen molar-refractivity contribution >= 4 is 10.9 Å². The summed E-state index contributed by atoms with van der Waals surface area (Å²) in [4.78, 5) is 0. The van der Waals surface area contributed by atoms with Gasteiger partial charge in [0.25, 0.3) is 0 Å². The zero-order chi connectivity index (χ0) is 15.0. The Labute approximate surface area is 121 Å². The van der Waals surface area contributed by atoms with E-state index in [1.807, 2.05) is 31.3 Å². The van der Waals surface area contributed by atoms with Crippen molar-refractivity contribution in [3.8, 4) is 0 Å². The van der Waals surface area contributed by atoms with Gasteiger partial charge in [0.1, 0.15) is 0 Å². The first-order valence-corrected chi connectivity index (χ1v) is 6.68. The van der Waals surface area contributed by atoms with E-state index in [0.717, 1.165) is 17.0 Å². The Kier molecular flexibility index (Phi) is 3.43. The van der Waals surface area contributed by atoms with Gasteiger partial charge in [0.2, 0.25) is 0 Å². The molecule has 108 valence electrons. The van der Waals surface area contributed by atoms with Crippen molar-refractivity contribution < 1.29 is 8.78 Å². The molecule has 2 aromatic carbocycles. The average molecular weight is 287 g/mol. The van der Waals surface area contributed by atoms with Crippen LogP contribution < -0.4 is 5.73 Å². The van der Waals surface area contributed by atoms with Crippen molar-refractivity contribution in [1.82, 2.24) is 9.78 Å². The van der Waals surface area contributed by atoms with Crippen LogP contribution in [-0.4, -0.2) is 9.78 Å². The number of benzene rings is 2. The number of nitrogens with two attached hydrogens (primary N) is 1. The van der Waals surface area contributed by atoms with Crippen LogP contribution in [-0.2, 0) is 13.5 Å². The van der Waals surface area contributed by atoms with Gasteiger partial charge in [-0.25, -0.2) is 8.78 Å². The van der Waals surface area contributed by atoms with Crippen LogP contribution in [0.2, 0.25) is 0 Å². The lowest BCUT2D eigenvalue weighted by Crippen LogP contribution is -2.15. The van der Waals surface area contributed by atoms with Crippen LogP contribution in [0.25, 0.3) is 10.9 Å². The third-order valence-corrected chi connectivity index (χ3v) is 3.61. The van der Waals surface area contributed by atoms with Crippen LogP contribution in [0.1, 0.15) is 17.3 Å². The van der Waals surface area contributed by atoms with Crippen molar-refractivity contribution in [2.75, 3.05) is 0 Å². The van der Waals surface area contributed by atoms with E-state index in [9.17, 15) is 8.78 Å². The molecule has 5 heteroatoms. The maximum absolute atomic E-state index is 13.7. The molecule has 0 aliphatic rings. The fraction of sp³-hybridized carbons (Fsp3) is 0.188. The van der Waals surface area contributed by atoms with Gasteiger partial charge in [-0.2, -0.15) is 5.10 Å². The molecule has 0 saturated heterocycles. The molecule has 3 aromatic rings. The molecular weight excluding hydrogens is 272 g/mol. The first-order valence-electron chi connectivity index (χ1n) is 6.68. The minimum Gasteiger partial charge on any atom is -0.322 e. The lowest BCUT2D eigenvalue weighted by Gasteiger charge is -2.10. The Morgan fingerprint density at radius 3 is 2.71 bits per heavy atom. The molecular formula is C16H15F2N3. The van der Waals surface area contributed by atoms with E-state index < -0.39 is 17.7 Å². The highest BCUT2D eigenvalue weighted by Crippen LogP contribution is 2.25. The molecule has 1 aromatic heterocycles. The largest absolute Gasteiger partial charge is 0.322 e. The second-order valence-electron chi connectivity index (χ2n) is 5.05. The SMILES string of the molecule is Cn1nc(C(N)Cc2cccc(F)c2F)c2ccccc21. The van der Waals surface area contributed by atoms with Crippen LogP contribution in [0.15, 0.2) is 42.5 Å². The lowest BCUT2D eigenvalue weighted by atomic mass is 10.0. The van der Waals surface area contributed by atoms with Crippen molar-refractivity contribution in [3.05, 3.63) is 65.4 Å². The minimum absolute atomic E-state index is 0.199. The molecule has 1 unspecified atom stereocenters. The molecule has 0 aliphatic heterocycles. The number of hydrogen-bond donors (Lipinski definition) is 1. The van der Waals surface area contributed by atoms with Gasteiger partial charge in [0.15, 0.2) is 11.6 Å². The van der Waals surface area contributed by atoms with E-state index in [4.69, 9.17) is 5.73 Å². The number of halogens is 2. The predicted octanol–water partition coefficient (Wildman–Crippen LogP) is 3.09. The van der Waals surface area contributed by atoms with E-state index in [2.05, 4.69) is 5.10 Å². The summed E-state index contributed by atoms with van der Waals surface area (Å²) in [5.74, 6) is -1.70. The van der Waals surface area contributed by atoms with Gasteiger partial charge in [0, 0.05) is 12.4 Å². The zero-order valence-electron chi connectivity index (χ0n) is 11.6. The Morgan fingerprint density at radius 2 is 1.90 bits per heavy atom. The van der Waals surface area contributed by atoms with E-state index in [-0.39, 0.29) is 12.0 Å². The normalized spacial score (nSPS) is 12.8. The third-order valence-electron chi connectivity index (χ3n) is 3.61. The highest BCUT2D eigenvalue weighted by atomic mass is 19.2. The number of para-hydroxylation sites is 1. The summed E-state index contributed by atoms with van der Waals surface area (Å²) < 4.78 is 28.7. The van der Waals surface area contributed by atoms with Crippen LogP contribution >= 0.6 is 0 Å². The maximum Gasteiger partial charge on any atom is 0.162 e. The molecule has 2 N–H and O–H groups in total. The average Bonchev–Trinajstić information content (AvgIpc) is 2.82. The van der Waals surface area contributed by atoms with E-state index >= 15 is 0 Å². The van der Waals surface area contributed by atoms with Gasteiger partial charge < -0.3 is 5.73 Å². The topological polar surface area (TPSA) is 43.8 Å². The lowest BCUT2D eigenvalue weighted by molar-refractivity contribution is 0.493. The molecule has 0 bridgehead atoms. The number of aromatic nitrogens is 2. The predicted molar refractivity (Wildman–Crippen MR) is 77.7 cm³/mol. The fourth-order valence-corrected chi connectivity index (χ4v) is 2.56. The van der Waals surface area contributed by atoms with E-state index in [0.29, 0.717) is 5.69 Å². The first kappa shape index (κ1) is 13.7. The highest BCUT2D eigenvalue weighted by molar-refractivity contribution is 5.82. The van der Waals surface area contributed by atoms with Crippen molar-refractivity contribution in [2.24, 2.45) is 12.8 Å². The molecule has 0 radical (unpaired) electrons. The summed E-state index contributed by atoms with van der Waals surface area (Å²) in [6, 6.07) is 11.3. The fourth-order valence-electron chi connectivity index (χ4n) is 2.56. The summed E-state index contributed by atoms with van der Waals surface area (Å²) in [5, 5.41) is 5.35. The quantitative estimate of drug-likeness (QED) is 0.804. The van der Waals surface area contributed by atoms with Crippen molar-refractivity contribution in [3.63, 3.8) is 0 Å². The monoisotopic (exact) mass is 287 g/mol. The van der Waals surface area contributed by atoms with Gasteiger partial charge >= 0.3 is 0 Å². The molecule has 3 nitrogen and oxygen atoms in total. The van der Waals surface area contributed by atoms with Crippen molar-refractivity contribution in [1.29, 1.82) is 0 Å². The Bertz CT molecular complexity index is 795. The van der Waals surface area contributed by atoms with Crippen molar-refractivity contribution in [2.45, 2.75) is 12.5 Å². The van der Waals surface area contributed by atoms with E-state index in [1.54, 1.807) is 10.7 Å². The molecule has 3 rings (SSSR count).